The molecule has 0 bridgehead atoms. The number of carbonyl (C=O) groups is 1. The summed E-state index contributed by atoms with van der Waals surface area (Å²) >= 11 is 0. The molecular formula is C12H16N2O2. The molecule has 0 spiro atoms. The van der Waals surface area contributed by atoms with Gasteiger partial charge in [-0.2, -0.15) is 0 Å². The molecule has 0 heterocycles. The zero-order valence-electron chi connectivity index (χ0n) is 9.07. The van der Waals surface area contributed by atoms with Crippen molar-refractivity contribution in [1.29, 1.82) is 0 Å². The molecule has 86 valence electrons. The number of hydrogen-bond donors (Lipinski definition) is 3. The minimum atomic E-state index is -0.186. The highest BCUT2D eigenvalue weighted by Gasteiger charge is 2.41. The maximum Gasteiger partial charge on any atom is 0.238 e. The van der Waals surface area contributed by atoms with Gasteiger partial charge >= 0.3 is 0 Å². The van der Waals surface area contributed by atoms with Gasteiger partial charge in [0, 0.05) is 11.2 Å². The first kappa shape index (κ1) is 11.1. The Morgan fingerprint density at radius 3 is 2.56 bits per heavy atom. The van der Waals surface area contributed by atoms with Gasteiger partial charge in [0.05, 0.1) is 13.2 Å². The monoisotopic (exact) mass is 220 g/mol. The van der Waals surface area contributed by atoms with Crippen molar-refractivity contribution in [3.05, 3.63) is 30.3 Å². The molecule has 0 aliphatic heterocycles. The summed E-state index contributed by atoms with van der Waals surface area (Å²) < 4.78 is 0. The van der Waals surface area contributed by atoms with E-state index in [2.05, 4.69) is 10.6 Å². The van der Waals surface area contributed by atoms with E-state index in [4.69, 9.17) is 5.11 Å². The van der Waals surface area contributed by atoms with Crippen LogP contribution in [0.1, 0.15) is 12.8 Å². The number of nitrogens with one attached hydrogen (secondary N) is 2. The highest BCUT2D eigenvalue weighted by atomic mass is 16.3. The summed E-state index contributed by atoms with van der Waals surface area (Å²) in [6, 6.07) is 9.34. The largest absolute Gasteiger partial charge is 0.394 e. The lowest BCUT2D eigenvalue weighted by molar-refractivity contribution is -0.115. The van der Waals surface area contributed by atoms with Crippen molar-refractivity contribution in [3.63, 3.8) is 0 Å². The van der Waals surface area contributed by atoms with Crippen molar-refractivity contribution in [2.24, 2.45) is 0 Å². The molecule has 1 aliphatic carbocycles. The number of benzene rings is 1. The first-order valence-corrected chi connectivity index (χ1v) is 5.45. The Bertz CT molecular complexity index is 361. The van der Waals surface area contributed by atoms with E-state index in [0.717, 1.165) is 18.5 Å². The molecule has 1 saturated carbocycles. The molecule has 1 aromatic carbocycles. The van der Waals surface area contributed by atoms with E-state index in [1.807, 2.05) is 30.3 Å². The number of carbonyl (C=O) groups excluding carboxylic acids is 1. The zero-order chi connectivity index (χ0) is 11.4. The van der Waals surface area contributed by atoms with Crippen LogP contribution in [0.5, 0.6) is 0 Å². The maximum atomic E-state index is 11.5. The van der Waals surface area contributed by atoms with Crippen molar-refractivity contribution in [1.82, 2.24) is 5.32 Å². The topological polar surface area (TPSA) is 61.4 Å². The Kier molecular flexibility index (Phi) is 3.22. The Labute approximate surface area is 94.7 Å². The van der Waals surface area contributed by atoms with Gasteiger partial charge in [-0.1, -0.05) is 18.2 Å². The van der Waals surface area contributed by atoms with Crippen molar-refractivity contribution < 1.29 is 9.90 Å². The van der Waals surface area contributed by atoms with Gasteiger partial charge in [0.2, 0.25) is 5.91 Å². The van der Waals surface area contributed by atoms with Gasteiger partial charge in [0.15, 0.2) is 0 Å². The van der Waals surface area contributed by atoms with Crippen LogP contribution in [0.2, 0.25) is 0 Å². The second-order valence-electron chi connectivity index (χ2n) is 4.21. The van der Waals surface area contributed by atoms with Crippen molar-refractivity contribution in [2.75, 3.05) is 18.5 Å². The molecule has 0 radical (unpaired) electrons. The SMILES string of the molecule is O=C(CNC1(CO)CC1)Nc1ccccc1. The molecule has 1 fully saturated rings. The fourth-order valence-electron chi connectivity index (χ4n) is 1.54. The Morgan fingerprint density at radius 1 is 1.31 bits per heavy atom. The van der Waals surface area contributed by atoms with E-state index in [9.17, 15) is 4.79 Å². The van der Waals surface area contributed by atoms with Gasteiger partial charge in [-0.25, -0.2) is 0 Å². The number of anilines is 1. The fourth-order valence-corrected chi connectivity index (χ4v) is 1.54. The summed E-state index contributed by atoms with van der Waals surface area (Å²) in [4.78, 5) is 11.5. The molecule has 0 atom stereocenters. The van der Waals surface area contributed by atoms with Gasteiger partial charge in [-0.3, -0.25) is 4.79 Å². The normalized spacial score (nSPS) is 16.8. The van der Waals surface area contributed by atoms with E-state index >= 15 is 0 Å². The van der Waals surface area contributed by atoms with Crippen LogP contribution in [-0.2, 0) is 4.79 Å². The predicted molar refractivity (Wildman–Crippen MR) is 62.1 cm³/mol. The third-order valence-corrected chi connectivity index (χ3v) is 2.84. The van der Waals surface area contributed by atoms with Crippen LogP contribution in [-0.4, -0.2) is 29.7 Å². The number of aliphatic hydroxyl groups is 1. The van der Waals surface area contributed by atoms with Gasteiger partial charge in [0.1, 0.15) is 0 Å². The summed E-state index contributed by atoms with van der Waals surface area (Å²) in [5, 5.41) is 14.9. The van der Waals surface area contributed by atoms with Crippen molar-refractivity contribution in [2.45, 2.75) is 18.4 Å². The van der Waals surface area contributed by atoms with Gasteiger partial charge < -0.3 is 15.7 Å². The number of rotatable bonds is 5. The summed E-state index contributed by atoms with van der Waals surface area (Å²) in [5.74, 6) is -0.0778. The molecule has 0 saturated heterocycles. The highest BCUT2D eigenvalue weighted by molar-refractivity contribution is 5.92. The molecule has 0 aromatic heterocycles. The van der Waals surface area contributed by atoms with Crippen LogP contribution < -0.4 is 10.6 Å². The van der Waals surface area contributed by atoms with Gasteiger partial charge in [-0.15, -0.1) is 0 Å². The quantitative estimate of drug-likeness (QED) is 0.686. The molecule has 4 nitrogen and oxygen atoms in total. The van der Waals surface area contributed by atoms with Crippen LogP contribution in [0, 0.1) is 0 Å². The molecule has 0 unspecified atom stereocenters. The Balaban J connectivity index is 1.77. The third-order valence-electron chi connectivity index (χ3n) is 2.84. The average molecular weight is 220 g/mol. The molecule has 4 heteroatoms. The summed E-state index contributed by atoms with van der Waals surface area (Å²) in [6.07, 6.45) is 1.89. The molecule has 3 N–H and O–H groups in total. The first-order valence-electron chi connectivity index (χ1n) is 5.45. The second-order valence-corrected chi connectivity index (χ2v) is 4.21. The summed E-state index contributed by atoms with van der Waals surface area (Å²) in [5.41, 5.74) is 0.608. The zero-order valence-corrected chi connectivity index (χ0v) is 9.07. The number of hydrogen-bond acceptors (Lipinski definition) is 3. The van der Waals surface area contributed by atoms with E-state index in [1.54, 1.807) is 0 Å². The van der Waals surface area contributed by atoms with Crippen molar-refractivity contribution >= 4 is 11.6 Å². The smallest absolute Gasteiger partial charge is 0.238 e. The van der Waals surface area contributed by atoms with Gasteiger partial charge in [-0.05, 0) is 25.0 Å². The van der Waals surface area contributed by atoms with E-state index in [-0.39, 0.29) is 24.6 Å². The van der Waals surface area contributed by atoms with Crippen LogP contribution in [0.15, 0.2) is 30.3 Å². The standard InChI is InChI=1S/C12H16N2O2/c15-9-12(6-7-12)13-8-11(16)14-10-4-2-1-3-5-10/h1-5,13,15H,6-9H2,(H,14,16). The van der Waals surface area contributed by atoms with E-state index in [1.165, 1.54) is 0 Å². The van der Waals surface area contributed by atoms with E-state index in [0.29, 0.717) is 0 Å². The average Bonchev–Trinajstić information content (AvgIpc) is 3.09. The van der Waals surface area contributed by atoms with E-state index < -0.39 is 0 Å². The first-order chi connectivity index (χ1) is 7.74. The minimum absolute atomic E-state index is 0.0778. The molecular weight excluding hydrogens is 204 g/mol. The molecule has 1 aliphatic rings. The number of amides is 1. The lowest BCUT2D eigenvalue weighted by atomic mass is 10.3. The Morgan fingerprint density at radius 2 is 2.00 bits per heavy atom. The van der Waals surface area contributed by atoms with Crippen LogP contribution in [0.25, 0.3) is 0 Å². The predicted octanol–water partition coefficient (Wildman–Crippen LogP) is 0.740. The van der Waals surface area contributed by atoms with Crippen LogP contribution >= 0.6 is 0 Å². The summed E-state index contributed by atoms with van der Waals surface area (Å²) in [7, 11) is 0. The Hall–Kier alpha value is -1.39. The van der Waals surface area contributed by atoms with Crippen molar-refractivity contribution in [3.8, 4) is 0 Å². The minimum Gasteiger partial charge on any atom is -0.394 e. The van der Waals surface area contributed by atoms with Gasteiger partial charge in [0.25, 0.3) is 0 Å². The third kappa shape index (κ3) is 2.81. The lowest BCUT2D eigenvalue weighted by Crippen LogP contribution is -2.40. The summed E-state index contributed by atoms with van der Waals surface area (Å²) in [6.45, 7) is 0.348. The molecule has 1 amide bonds. The molecule has 1 aromatic rings. The fraction of sp³-hybridized carbons (Fsp3) is 0.417. The highest BCUT2D eigenvalue weighted by Crippen LogP contribution is 2.34. The second kappa shape index (κ2) is 4.63. The molecule has 16 heavy (non-hydrogen) atoms. The lowest BCUT2D eigenvalue weighted by Gasteiger charge is -2.13. The van der Waals surface area contributed by atoms with Crippen LogP contribution in [0.3, 0.4) is 0 Å². The number of aliphatic hydroxyl groups excluding tert-OH is 1. The number of para-hydroxylation sites is 1. The molecule has 2 rings (SSSR count). The van der Waals surface area contributed by atoms with Crippen LogP contribution in [0.4, 0.5) is 5.69 Å². The maximum absolute atomic E-state index is 11.5.